The van der Waals surface area contributed by atoms with Crippen LogP contribution in [0.2, 0.25) is 0 Å². The summed E-state index contributed by atoms with van der Waals surface area (Å²) in [7, 11) is 0. The standard InChI is InChI=1S/C6H9F3O2.C5H10O2.C4H8O2/c1-5(6(7,8)9)10-3-2-4-11-5;1-5-6-3-2-4-7-5;1-2-5-4-6-3-1/h2-4H2,1H3;5H,2-4H2,1H3;1-4H2. The molecule has 0 aromatic carbocycles. The van der Waals surface area contributed by atoms with Crippen molar-refractivity contribution in [3.8, 4) is 0 Å². The molecule has 0 aromatic rings. The molecule has 0 saturated carbocycles. The lowest BCUT2D eigenvalue weighted by molar-refractivity contribution is -0.387. The van der Waals surface area contributed by atoms with E-state index < -0.39 is 12.0 Å². The summed E-state index contributed by atoms with van der Waals surface area (Å²) in [6.07, 6.45) is -1.78. The van der Waals surface area contributed by atoms with E-state index in [9.17, 15) is 13.2 Å². The van der Waals surface area contributed by atoms with Crippen molar-refractivity contribution >= 4 is 0 Å². The monoisotopic (exact) mass is 360 g/mol. The van der Waals surface area contributed by atoms with Gasteiger partial charge in [0.1, 0.15) is 6.79 Å². The van der Waals surface area contributed by atoms with Crippen molar-refractivity contribution in [2.45, 2.75) is 51.4 Å². The lowest BCUT2D eigenvalue weighted by Crippen LogP contribution is -2.50. The zero-order chi connectivity index (χ0) is 17.9. The molecule has 0 aromatic heterocycles. The highest BCUT2D eigenvalue weighted by molar-refractivity contribution is 4.75. The Morgan fingerprint density at radius 2 is 1.25 bits per heavy atom. The molecule has 9 heteroatoms. The quantitative estimate of drug-likeness (QED) is 0.662. The lowest BCUT2D eigenvalue weighted by atomic mass is 10.3. The molecule has 3 rings (SSSR count). The Morgan fingerprint density at radius 1 is 0.792 bits per heavy atom. The third-order valence-electron chi connectivity index (χ3n) is 3.30. The molecule has 0 unspecified atom stereocenters. The van der Waals surface area contributed by atoms with E-state index in [1.165, 1.54) is 0 Å². The van der Waals surface area contributed by atoms with E-state index in [1.54, 1.807) is 0 Å². The molecule has 3 heterocycles. The smallest absolute Gasteiger partial charge is 0.355 e. The van der Waals surface area contributed by atoms with E-state index in [0.29, 0.717) is 13.2 Å². The van der Waals surface area contributed by atoms with Crippen LogP contribution in [0.5, 0.6) is 0 Å². The second-order valence-corrected chi connectivity index (χ2v) is 5.44. The fourth-order valence-corrected chi connectivity index (χ4v) is 1.84. The van der Waals surface area contributed by atoms with E-state index in [-0.39, 0.29) is 19.5 Å². The highest BCUT2D eigenvalue weighted by atomic mass is 19.4. The van der Waals surface area contributed by atoms with Gasteiger partial charge in [-0.2, -0.15) is 13.2 Å². The van der Waals surface area contributed by atoms with E-state index >= 15 is 0 Å². The van der Waals surface area contributed by atoms with Gasteiger partial charge in [-0.1, -0.05) is 0 Å². The summed E-state index contributed by atoms with van der Waals surface area (Å²) in [6, 6.07) is 0. The molecule has 3 fully saturated rings. The van der Waals surface area contributed by atoms with Crippen LogP contribution in [-0.4, -0.2) is 64.7 Å². The van der Waals surface area contributed by atoms with Gasteiger partial charge in [0.2, 0.25) is 0 Å². The maximum atomic E-state index is 12.1. The van der Waals surface area contributed by atoms with Crippen molar-refractivity contribution in [1.82, 2.24) is 0 Å². The highest BCUT2D eigenvalue weighted by Gasteiger charge is 2.55. The molecule has 0 atom stereocenters. The molecule has 3 saturated heterocycles. The number of rotatable bonds is 0. The van der Waals surface area contributed by atoms with Crippen LogP contribution in [0.4, 0.5) is 13.2 Å². The molecule has 144 valence electrons. The minimum absolute atomic E-state index is 0.0359. The molecule has 3 aliphatic heterocycles. The predicted octanol–water partition coefficient (Wildman–Crippen LogP) is 2.85. The average Bonchev–Trinajstić information content (AvgIpc) is 2.58. The second kappa shape index (κ2) is 11.2. The van der Waals surface area contributed by atoms with Gasteiger partial charge in [-0.05, 0) is 33.1 Å². The lowest BCUT2D eigenvalue weighted by Gasteiger charge is -2.34. The van der Waals surface area contributed by atoms with E-state index in [2.05, 4.69) is 9.47 Å². The largest absolute Gasteiger partial charge is 0.442 e. The summed E-state index contributed by atoms with van der Waals surface area (Å²) in [5.41, 5.74) is 0. The van der Waals surface area contributed by atoms with Gasteiger partial charge in [-0.3, -0.25) is 0 Å². The Labute approximate surface area is 140 Å². The van der Waals surface area contributed by atoms with Gasteiger partial charge in [0.05, 0.1) is 39.6 Å². The van der Waals surface area contributed by atoms with Crippen LogP contribution in [0.15, 0.2) is 0 Å². The molecule has 0 bridgehead atoms. The second-order valence-electron chi connectivity index (χ2n) is 5.44. The molecule has 6 nitrogen and oxygen atoms in total. The Morgan fingerprint density at radius 3 is 1.50 bits per heavy atom. The van der Waals surface area contributed by atoms with Crippen LogP contribution < -0.4 is 0 Å². The molecule has 0 N–H and O–H groups in total. The van der Waals surface area contributed by atoms with E-state index in [0.717, 1.165) is 46.2 Å². The number of ether oxygens (including phenoxy) is 6. The van der Waals surface area contributed by atoms with Crippen molar-refractivity contribution in [1.29, 1.82) is 0 Å². The van der Waals surface area contributed by atoms with Gasteiger partial charge in [-0.15, -0.1) is 0 Å². The third kappa shape index (κ3) is 8.59. The fourth-order valence-electron chi connectivity index (χ4n) is 1.84. The highest BCUT2D eigenvalue weighted by Crippen LogP contribution is 2.36. The van der Waals surface area contributed by atoms with Gasteiger partial charge in [-0.25, -0.2) is 0 Å². The summed E-state index contributed by atoms with van der Waals surface area (Å²) in [5, 5.41) is 0. The van der Waals surface area contributed by atoms with E-state index in [1.807, 2.05) is 6.92 Å². The van der Waals surface area contributed by atoms with Crippen molar-refractivity contribution in [3.05, 3.63) is 0 Å². The van der Waals surface area contributed by atoms with Crippen molar-refractivity contribution in [2.75, 3.05) is 46.4 Å². The Bertz CT molecular complexity index is 299. The number of hydrogen-bond acceptors (Lipinski definition) is 6. The van der Waals surface area contributed by atoms with Crippen LogP contribution in [-0.2, 0) is 28.4 Å². The minimum atomic E-state index is -4.44. The maximum absolute atomic E-state index is 12.1. The van der Waals surface area contributed by atoms with Crippen molar-refractivity contribution in [3.63, 3.8) is 0 Å². The predicted molar refractivity (Wildman–Crippen MR) is 78.4 cm³/mol. The Kier molecular flexibility index (Phi) is 10.1. The zero-order valence-corrected chi connectivity index (χ0v) is 14.2. The summed E-state index contributed by atoms with van der Waals surface area (Å²) in [5.74, 6) is -2.38. The first-order valence-corrected chi connectivity index (χ1v) is 8.08. The summed E-state index contributed by atoms with van der Waals surface area (Å²) in [6.45, 7) is 7.00. The molecule has 24 heavy (non-hydrogen) atoms. The van der Waals surface area contributed by atoms with Crippen LogP contribution >= 0.6 is 0 Å². The first-order valence-electron chi connectivity index (χ1n) is 8.08. The number of alkyl halides is 3. The van der Waals surface area contributed by atoms with Crippen molar-refractivity contribution < 1.29 is 41.6 Å². The average molecular weight is 360 g/mol. The van der Waals surface area contributed by atoms with Crippen LogP contribution in [0.25, 0.3) is 0 Å². The zero-order valence-electron chi connectivity index (χ0n) is 14.2. The van der Waals surface area contributed by atoms with Crippen LogP contribution in [0, 0.1) is 0 Å². The summed E-state index contributed by atoms with van der Waals surface area (Å²) >= 11 is 0. The SMILES string of the molecule is C1COCOC1.CC1(C(F)(F)F)OCCCO1.CC1OCCCO1. The molecule has 0 spiro atoms. The van der Waals surface area contributed by atoms with E-state index in [4.69, 9.17) is 18.9 Å². The maximum Gasteiger partial charge on any atom is 0.442 e. The van der Waals surface area contributed by atoms with Crippen molar-refractivity contribution in [2.24, 2.45) is 0 Å². The third-order valence-corrected chi connectivity index (χ3v) is 3.30. The first-order chi connectivity index (χ1) is 11.4. The van der Waals surface area contributed by atoms with Gasteiger partial charge >= 0.3 is 6.18 Å². The van der Waals surface area contributed by atoms with Gasteiger partial charge in [0.15, 0.2) is 6.29 Å². The Hall–Kier alpha value is -0.450. The fraction of sp³-hybridized carbons (Fsp3) is 1.00. The van der Waals surface area contributed by atoms with Gasteiger partial charge < -0.3 is 28.4 Å². The van der Waals surface area contributed by atoms with Crippen LogP contribution in [0.3, 0.4) is 0 Å². The molecule has 3 aliphatic rings. The minimum Gasteiger partial charge on any atom is -0.355 e. The Balaban J connectivity index is 0.000000191. The number of hydrogen-bond donors (Lipinski definition) is 0. The topological polar surface area (TPSA) is 55.4 Å². The molecule has 0 radical (unpaired) electrons. The summed E-state index contributed by atoms with van der Waals surface area (Å²) in [4.78, 5) is 0. The molecular formula is C15H27F3O6. The molecule has 0 amide bonds. The summed E-state index contributed by atoms with van der Waals surface area (Å²) < 4.78 is 65.0. The first kappa shape index (κ1) is 21.6. The van der Waals surface area contributed by atoms with Gasteiger partial charge in [0.25, 0.3) is 5.79 Å². The van der Waals surface area contributed by atoms with Crippen LogP contribution in [0.1, 0.15) is 33.1 Å². The normalized spacial score (nSPS) is 24.9. The van der Waals surface area contributed by atoms with Gasteiger partial charge in [0, 0.05) is 0 Å². The molecule has 0 aliphatic carbocycles. The number of halogens is 3. The molecular weight excluding hydrogens is 333 g/mol.